The number of hydrogen-bond donors (Lipinski definition) is 1. The van der Waals surface area contributed by atoms with Gasteiger partial charge in [-0.3, -0.25) is 9.36 Å². The van der Waals surface area contributed by atoms with E-state index in [2.05, 4.69) is 20.3 Å². The largest absolute Gasteiger partial charge is 0.478 e. The Labute approximate surface area is 196 Å². The van der Waals surface area contributed by atoms with E-state index in [9.17, 15) is 4.79 Å². The molecule has 0 aliphatic heterocycles. The van der Waals surface area contributed by atoms with Crippen LogP contribution in [0.5, 0.6) is 17.4 Å². The third-order valence-corrected chi connectivity index (χ3v) is 5.02. The lowest BCUT2D eigenvalue weighted by Crippen LogP contribution is -2.42. The first-order chi connectivity index (χ1) is 15.8. The van der Waals surface area contributed by atoms with Crippen molar-refractivity contribution in [3.8, 4) is 23.2 Å². The van der Waals surface area contributed by atoms with Crippen LogP contribution in [0.3, 0.4) is 0 Å². The normalized spacial score (nSPS) is 11.2. The summed E-state index contributed by atoms with van der Waals surface area (Å²) in [6.07, 6.45) is 4.95. The fraction of sp³-hybridized carbons (Fsp3) is 0.167. The minimum atomic E-state index is -1.09. The third kappa shape index (κ3) is 5.48. The van der Waals surface area contributed by atoms with E-state index in [-0.39, 0.29) is 5.91 Å². The van der Waals surface area contributed by atoms with E-state index >= 15 is 0 Å². The SMILES string of the molecule is Cc1nccn1-c1cc(Oc2ccc(NC(=O)C(C)(C)Oc3ccc(Cl)cc3)cc2)ncn1. The molecular weight excluding hydrogens is 442 g/mol. The Morgan fingerprint density at radius 3 is 2.36 bits per heavy atom. The van der Waals surface area contributed by atoms with Crippen LogP contribution in [0.15, 0.2) is 73.3 Å². The summed E-state index contributed by atoms with van der Waals surface area (Å²) in [7, 11) is 0. The van der Waals surface area contributed by atoms with Gasteiger partial charge in [-0.05, 0) is 69.3 Å². The molecular formula is C24H22ClN5O3. The Morgan fingerprint density at radius 2 is 1.70 bits per heavy atom. The first-order valence-electron chi connectivity index (χ1n) is 10.2. The van der Waals surface area contributed by atoms with Crippen molar-refractivity contribution in [3.05, 3.63) is 84.2 Å². The van der Waals surface area contributed by atoms with Crippen molar-refractivity contribution < 1.29 is 14.3 Å². The predicted molar refractivity (Wildman–Crippen MR) is 125 cm³/mol. The molecule has 33 heavy (non-hydrogen) atoms. The number of rotatable bonds is 7. The summed E-state index contributed by atoms with van der Waals surface area (Å²) in [6, 6.07) is 15.6. The molecule has 168 valence electrons. The van der Waals surface area contributed by atoms with Gasteiger partial charge in [0.2, 0.25) is 5.88 Å². The molecule has 0 aliphatic rings. The van der Waals surface area contributed by atoms with E-state index in [1.807, 2.05) is 17.7 Å². The van der Waals surface area contributed by atoms with Crippen LogP contribution in [0.2, 0.25) is 5.02 Å². The number of nitrogens with zero attached hydrogens (tertiary/aromatic N) is 4. The van der Waals surface area contributed by atoms with Crippen molar-refractivity contribution in [2.75, 3.05) is 5.32 Å². The number of amides is 1. The lowest BCUT2D eigenvalue weighted by Gasteiger charge is -2.25. The molecule has 0 fully saturated rings. The molecule has 1 N–H and O–H groups in total. The Balaban J connectivity index is 1.39. The van der Waals surface area contributed by atoms with Gasteiger partial charge >= 0.3 is 0 Å². The van der Waals surface area contributed by atoms with Crippen LogP contribution in [0.4, 0.5) is 5.69 Å². The number of carbonyl (C=O) groups excluding carboxylic acids is 1. The number of nitrogens with one attached hydrogen (secondary N) is 1. The number of ether oxygens (including phenoxy) is 2. The summed E-state index contributed by atoms with van der Waals surface area (Å²) in [6.45, 7) is 5.28. The van der Waals surface area contributed by atoms with Gasteiger partial charge in [-0.1, -0.05) is 11.6 Å². The molecule has 1 amide bonds. The second kappa shape index (κ2) is 9.30. The molecule has 4 rings (SSSR count). The second-order valence-electron chi connectivity index (χ2n) is 7.71. The van der Waals surface area contributed by atoms with Crippen LogP contribution < -0.4 is 14.8 Å². The molecule has 4 aromatic rings. The maximum atomic E-state index is 12.7. The Bertz CT molecular complexity index is 1250. The van der Waals surface area contributed by atoms with E-state index in [0.29, 0.717) is 33.9 Å². The first kappa shape index (κ1) is 22.3. The zero-order chi connectivity index (χ0) is 23.4. The van der Waals surface area contributed by atoms with E-state index < -0.39 is 5.60 Å². The van der Waals surface area contributed by atoms with Crippen LogP contribution in [0.1, 0.15) is 19.7 Å². The average molecular weight is 464 g/mol. The van der Waals surface area contributed by atoms with Gasteiger partial charge in [0.25, 0.3) is 5.91 Å². The van der Waals surface area contributed by atoms with Gasteiger partial charge in [-0.2, -0.15) is 0 Å². The third-order valence-electron chi connectivity index (χ3n) is 4.77. The molecule has 0 radical (unpaired) electrons. The molecule has 8 nitrogen and oxygen atoms in total. The van der Waals surface area contributed by atoms with Crippen molar-refractivity contribution >= 4 is 23.2 Å². The summed E-state index contributed by atoms with van der Waals surface area (Å²) < 4.78 is 13.5. The number of halogens is 1. The van der Waals surface area contributed by atoms with Gasteiger partial charge in [0.05, 0.1) is 0 Å². The Hall–Kier alpha value is -3.91. The minimum Gasteiger partial charge on any atom is -0.478 e. The predicted octanol–water partition coefficient (Wildman–Crippen LogP) is 5.21. The van der Waals surface area contributed by atoms with Crippen molar-refractivity contribution in [2.24, 2.45) is 0 Å². The topological polar surface area (TPSA) is 91.2 Å². The summed E-state index contributed by atoms with van der Waals surface area (Å²) in [5, 5.41) is 3.46. The molecule has 0 spiro atoms. The number of benzene rings is 2. The molecule has 0 saturated heterocycles. The standard InChI is InChI=1S/C24H22ClN5O3/c1-16-26-12-13-30(16)21-14-22(28-15-27-21)32-19-10-6-18(7-11-19)29-23(31)24(2,3)33-20-8-4-17(25)5-9-20/h4-15H,1-3H3,(H,29,31). The molecule has 0 bridgehead atoms. The number of carbonyl (C=O) groups is 1. The van der Waals surface area contributed by atoms with Crippen LogP contribution in [-0.4, -0.2) is 31.0 Å². The quantitative estimate of drug-likeness (QED) is 0.404. The summed E-state index contributed by atoms with van der Waals surface area (Å²) >= 11 is 5.90. The zero-order valence-corrected chi connectivity index (χ0v) is 19.1. The van der Waals surface area contributed by atoms with Crippen molar-refractivity contribution in [2.45, 2.75) is 26.4 Å². The molecule has 9 heteroatoms. The smallest absolute Gasteiger partial charge is 0.267 e. The number of aryl methyl sites for hydroxylation is 1. The van der Waals surface area contributed by atoms with Crippen molar-refractivity contribution in [1.29, 1.82) is 0 Å². The summed E-state index contributed by atoms with van der Waals surface area (Å²) in [5.74, 6) is 2.68. The van der Waals surface area contributed by atoms with Crippen LogP contribution >= 0.6 is 11.6 Å². The number of hydrogen-bond acceptors (Lipinski definition) is 6. The fourth-order valence-electron chi connectivity index (χ4n) is 2.99. The highest BCUT2D eigenvalue weighted by Gasteiger charge is 2.30. The maximum absolute atomic E-state index is 12.7. The first-order valence-corrected chi connectivity index (χ1v) is 10.5. The number of aromatic nitrogens is 4. The lowest BCUT2D eigenvalue weighted by molar-refractivity contribution is -0.128. The van der Waals surface area contributed by atoms with E-state index in [1.54, 1.807) is 74.6 Å². The van der Waals surface area contributed by atoms with E-state index in [0.717, 1.165) is 5.82 Å². The monoisotopic (exact) mass is 463 g/mol. The lowest BCUT2D eigenvalue weighted by atomic mass is 10.1. The van der Waals surface area contributed by atoms with Gasteiger partial charge < -0.3 is 14.8 Å². The van der Waals surface area contributed by atoms with Gasteiger partial charge in [0.15, 0.2) is 5.60 Å². The van der Waals surface area contributed by atoms with Gasteiger partial charge in [0.1, 0.15) is 29.5 Å². The molecule has 0 unspecified atom stereocenters. The minimum absolute atomic E-state index is 0.290. The van der Waals surface area contributed by atoms with Crippen LogP contribution in [0, 0.1) is 6.92 Å². The molecule has 2 heterocycles. The van der Waals surface area contributed by atoms with E-state index in [4.69, 9.17) is 21.1 Å². The van der Waals surface area contributed by atoms with Crippen LogP contribution in [-0.2, 0) is 4.79 Å². The molecule has 0 saturated carbocycles. The Kier molecular flexibility index (Phi) is 6.28. The molecule has 2 aromatic carbocycles. The summed E-state index contributed by atoms with van der Waals surface area (Å²) in [4.78, 5) is 25.4. The average Bonchev–Trinajstić information content (AvgIpc) is 3.22. The molecule has 0 aliphatic carbocycles. The fourth-order valence-corrected chi connectivity index (χ4v) is 3.12. The highest BCUT2D eigenvalue weighted by molar-refractivity contribution is 6.30. The molecule has 0 atom stereocenters. The summed E-state index contributed by atoms with van der Waals surface area (Å²) in [5.41, 5.74) is -0.483. The van der Waals surface area contributed by atoms with Gasteiger partial charge in [-0.25, -0.2) is 15.0 Å². The second-order valence-corrected chi connectivity index (χ2v) is 8.14. The zero-order valence-electron chi connectivity index (χ0n) is 18.3. The van der Waals surface area contributed by atoms with Gasteiger partial charge in [0, 0.05) is 29.2 Å². The highest BCUT2D eigenvalue weighted by atomic mass is 35.5. The van der Waals surface area contributed by atoms with Crippen molar-refractivity contribution in [3.63, 3.8) is 0 Å². The molecule has 2 aromatic heterocycles. The van der Waals surface area contributed by atoms with E-state index in [1.165, 1.54) is 6.33 Å². The van der Waals surface area contributed by atoms with Crippen LogP contribution in [0.25, 0.3) is 5.82 Å². The van der Waals surface area contributed by atoms with Gasteiger partial charge in [-0.15, -0.1) is 0 Å². The van der Waals surface area contributed by atoms with Crippen molar-refractivity contribution in [1.82, 2.24) is 19.5 Å². The Morgan fingerprint density at radius 1 is 1.00 bits per heavy atom. The number of imidazole rings is 1. The maximum Gasteiger partial charge on any atom is 0.267 e. The number of anilines is 1. The highest BCUT2D eigenvalue weighted by Crippen LogP contribution is 2.25.